The molecule has 2 N–H and O–H groups in total. The second kappa shape index (κ2) is 4.20. The molecule has 1 aromatic heterocycles. The summed E-state index contributed by atoms with van der Waals surface area (Å²) in [6.45, 7) is 0.561. The van der Waals surface area contributed by atoms with Gasteiger partial charge in [-0.3, -0.25) is 4.79 Å². The van der Waals surface area contributed by atoms with Crippen LogP contribution >= 0.6 is 27.3 Å². The number of hydrogen-bond acceptors (Lipinski definition) is 3. The van der Waals surface area contributed by atoms with Crippen LogP contribution in [0.15, 0.2) is 39.0 Å². The van der Waals surface area contributed by atoms with E-state index in [2.05, 4.69) is 15.9 Å². The van der Waals surface area contributed by atoms with E-state index in [4.69, 9.17) is 5.73 Å². The van der Waals surface area contributed by atoms with Gasteiger partial charge in [-0.2, -0.15) is 0 Å². The van der Waals surface area contributed by atoms with Gasteiger partial charge in [-0.25, -0.2) is 0 Å². The first kappa shape index (κ1) is 10.4. The molecule has 2 aromatic rings. The maximum atomic E-state index is 11.3. The monoisotopic (exact) mass is 284 g/mol. The van der Waals surface area contributed by atoms with E-state index >= 15 is 0 Å². The summed E-state index contributed by atoms with van der Waals surface area (Å²) in [5.41, 5.74) is 7.42. The fourth-order valence-corrected chi connectivity index (χ4v) is 2.51. The van der Waals surface area contributed by atoms with Crippen LogP contribution in [0, 0.1) is 0 Å². The largest absolute Gasteiger partial charge is 0.399 e. The second-order valence-electron chi connectivity index (χ2n) is 3.19. The highest BCUT2D eigenvalue weighted by Crippen LogP contribution is 2.17. The molecule has 1 aromatic carbocycles. The van der Waals surface area contributed by atoms with Gasteiger partial charge in [0, 0.05) is 21.7 Å². The highest BCUT2D eigenvalue weighted by Gasteiger charge is 2.00. The van der Waals surface area contributed by atoms with E-state index < -0.39 is 0 Å². The van der Waals surface area contributed by atoms with E-state index in [0.29, 0.717) is 12.2 Å². The number of nitrogens with zero attached hydrogens (tertiary/aromatic N) is 1. The van der Waals surface area contributed by atoms with Crippen molar-refractivity contribution < 1.29 is 0 Å². The van der Waals surface area contributed by atoms with Crippen LogP contribution in [0.3, 0.4) is 0 Å². The summed E-state index contributed by atoms with van der Waals surface area (Å²) in [4.78, 5) is 11.4. The van der Waals surface area contributed by atoms with Crippen molar-refractivity contribution >= 4 is 33.0 Å². The van der Waals surface area contributed by atoms with Crippen LogP contribution < -0.4 is 10.6 Å². The van der Waals surface area contributed by atoms with Crippen LogP contribution in [0.4, 0.5) is 5.69 Å². The third kappa shape index (κ3) is 2.49. The maximum absolute atomic E-state index is 11.3. The van der Waals surface area contributed by atoms with Gasteiger partial charge in [-0.15, -0.1) is 0 Å². The number of nitrogens with two attached hydrogens (primary N) is 1. The van der Waals surface area contributed by atoms with E-state index in [1.165, 1.54) is 11.3 Å². The molecule has 0 bridgehead atoms. The lowest BCUT2D eigenvalue weighted by Crippen LogP contribution is -2.12. The Bertz CT molecular complexity index is 512. The number of halogens is 1. The Morgan fingerprint density at radius 2 is 2.20 bits per heavy atom. The Hall–Kier alpha value is -1.07. The average molecular weight is 285 g/mol. The standard InChI is InChI=1S/C10H9BrN2OS/c11-8-3-7(4-9(12)5-8)6-13-1-2-15-10(13)14/h1-5H,6,12H2. The molecule has 0 fully saturated rings. The maximum Gasteiger partial charge on any atom is 0.307 e. The van der Waals surface area contributed by atoms with E-state index in [-0.39, 0.29) is 4.87 Å². The smallest absolute Gasteiger partial charge is 0.307 e. The SMILES string of the molecule is Nc1cc(Br)cc(Cn2ccsc2=O)c1. The Kier molecular flexibility index (Phi) is 2.93. The zero-order valence-electron chi connectivity index (χ0n) is 7.81. The van der Waals surface area contributed by atoms with Crippen molar-refractivity contribution in [1.82, 2.24) is 4.57 Å². The normalized spacial score (nSPS) is 10.5. The predicted octanol–water partition coefficient (Wildman–Crippen LogP) is 2.30. The molecule has 0 unspecified atom stereocenters. The molecule has 0 saturated heterocycles. The number of hydrogen-bond donors (Lipinski definition) is 1. The van der Waals surface area contributed by atoms with Crippen molar-refractivity contribution in [3.8, 4) is 0 Å². The third-order valence-corrected chi connectivity index (χ3v) is 3.13. The number of benzene rings is 1. The minimum absolute atomic E-state index is 0.0496. The molecule has 0 aliphatic carbocycles. The van der Waals surface area contributed by atoms with Crippen LogP contribution in [0.2, 0.25) is 0 Å². The molecule has 0 aliphatic heterocycles. The molecule has 0 radical (unpaired) electrons. The summed E-state index contributed by atoms with van der Waals surface area (Å²) >= 11 is 4.57. The molecule has 0 aliphatic rings. The van der Waals surface area contributed by atoms with E-state index in [1.54, 1.807) is 16.1 Å². The summed E-state index contributed by atoms with van der Waals surface area (Å²) in [6, 6.07) is 5.66. The minimum atomic E-state index is 0.0496. The van der Waals surface area contributed by atoms with Crippen molar-refractivity contribution in [3.05, 3.63) is 49.5 Å². The Labute approximate surface area is 99.3 Å². The molecule has 2 rings (SSSR count). The van der Waals surface area contributed by atoms with Crippen molar-refractivity contribution in [3.63, 3.8) is 0 Å². The first-order chi connectivity index (χ1) is 7.15. The fourth-order valence-electron chi connectivity index (χ4n) is 1.37. The zero-order valence-corrected chi connectivity index (χ0v) is 10.2. The Balaban J connectivity index is 2.32. The highest BCUT2D eigenvalue weighted by molar-refractivity contribution is 9.10. The minimum Gasteiger partial charge on any atom is -0.399 e. The first-order valence-electron chi connectivity index (χ1n) is 4.34. The molecule has 5 heteroatoms. The topological polar surface area (TPSA) is 48.0 Å². The zero-order chi connectivity index (χ0) is 10.8. The number of anilines is 1. The summed E-state index contributed by atoms with van der Waals surface area (Å²) in [5, 5.41) is 1.78. The number of aromatic nitrogens is 1. The van der Waals surface area contributed by atoms with Gasteiger partial charge in [0.25, 0.3) is 0 Å². The van der Waals surface area contributed by atoms with Crippen molar-refractivity contribution in [2.45, 2.75) is 6.54 Å². The van der Waals surface area contributed by atoms with Gasteiger partial charge in [0.15, 0.2) is 0 Å². The molecular weight excluding hydrogens is 276 g/mol. The van der Waals surface area contributed by atoms with Crippen LogP contribution in [0.1, 0.15) is 5.56 Å². The van der Waals surface area contributed by atoms with Gasteiger partial charge in [0.2, 0.25) is 0 Å². The number of thiazole rings is 1. The lowest BCUT2D eigenvalue weighted by Gasteiger charge is -2.04. The number of nitrogen functional groups attached to an aromatic ring is 1. The van der Waals surface area contributed by atoms with E-state index in [9.17, 15) is 4.79 Å². The fraction of sp³-hybridized carbons (Fsp3) is 0.100. The lowest BCUT2D eigenvalue weighted by atomic mass is 10.2. The van der Waals surface area contributed by atoms with E-state index in [1.807, 2.05) is 18.2 Å². The number of rotatable bonds is 2. The molecule has 1 heterocycles. The highest BCUT2D eigenvalue weighted by atomic mass is 79.9. The van der Waals surface area contributed by atoms with Crippen LogP contribution in [0.5, 0.6) is 0 Å². The molecule has 0 atom stereocenters. The quantitative estimate of drug-likeness (QED) is 0.861. The summed E-state index contributed by atoms with van der Waals surface area (Å²) < 4.78 is 2.59. The Morgan fingerprint density at radius 3 is 2.80 bits per heavy atom. The summed E-state index contributed by atoms with van der Waals surface area (Å²) in [7, 11) is 0. The van der Waals surface area contributed by atoms with Gasteiger partial charge in [-0.05, 0) is 23.8 Å². The van der Waals surface area contributed by atoms with E-state index in [0.717, 1.165) is 10.0 Å². The molecular formula is C10H9BrN2OS. The van der Waals surface area contributed by atoms with Gasteiger partial charge in [0.05, 0.1) is 6.54 Å². The molecule has 78 valence electrons. The predicted molar refractivity (Wildman–Crippen MR) is 66.2 cm³/mol. The van der Waals surface area contributed by atoms with Crippen LogP contribution in [0.25, 0.3) is 0 Å². The summed E-state index contributed by atoms with van der Waals surface area (Å²) in [5.74, 6) is 0. The van der Waals surface area contributed by atoms with Gasteiger partial charge >= 0.3 is 4.87 Å². The summed E-state index contributed by atoms with van der Waals surface area (Å²) in [6.07, 6.45) is 1.78. The van der Waals surface area contributed by atoms with Gasteiger partial charge in [0.1, 0.15) is 0 Å². The van der Waals surface area contributed by atoms with Crippen LogP contribution in [-0.2, 0) is 6.54 Å². The first-order valence-corrected chi connectivity index (χ1v) is 6.01. The van der Waals surface area contributed by atoms with Gasteiger partial charge in [-0.1, -0.05) is 27.3 Å². The van der Waals surface area contributed by atoms with Crippen molar-refractivity contribution in [2.24, 2.45) is 0 Å². The lowest BCUT2D eigenvalue weighted by molar-refractivity contribution is 0.784. The van der Waals surface area contributed by atoms with Crippen molar-refractivity contribution in [2.75, 3.05) is 5.73 Å². The molecule has 15 heavy (non-hydrogen) atoms. The second-order valence-corrected chi connectivity index (χ2v) is 4.96. The van der Waals surface area contributed by atoms with Crippen LogP contribution in [-0.4, -0.2) is 4.57 Å². The molecule has 0 spiro atoms. The molecule has 0 amide bonds. The molecule has 0 saturated carbocycles. The van der Waals surface area contributed by atoms with Gasteiger partial charge < -0.3 is 10.3 Å². The average Bonchev–Trinajstić information content (AvgIpc) is 2.50. The third-order valence-electron chi connectivity index (χ3n) is 1.98. The van der Waals surface area contributed by atoms with Crippen molar-refractivity contribution in [1.29, 1.82) is 0 Å². The Morgan fingerprint density at radius 1 is 1.40 bits per heavy atom. The molecule has 3 nitrogen and oxygen atoms in total.